The minimum absolute atomic E-state index is 0.0769. The van der Waals surface area contributed by atoms with Crippen LogP contribution in [0.2, 0.25) is 0 Å². The summed E-state index contributed by atoms with van der Waals surface area (Å²) in [5.41, 5.74) is 4.95. The zero-order valence-electron chi connectivity index (χ0n) is 16.4. The lowest BCUT2D eigenvalue weighted by molar-refractivity contribution is 0.148. The number of benzene rings is 1. The number of hydrogen-bond donors (Lipinski definition) is 1. The lowest BCUT2D eigenvalue weighted by atomic mass is 9.95. The van der Waals surface area contributed by atoms with Gasteiger partial charge in [-0.3, -0.25) is 4.98 Å². The molecule has 5 heteroatoms. The van der Waals surface area contributed by atoms with Crippen LogP contribution in [0, 0.1) is 17.2 Å². The fourth-order valence-corrected chi connectivity index (χ4v) is 4.66. The Hall–Kier alpha value is -2.97. The molecule has 1 aliphatic carbocycles. The Morgan fingerprint density at radius 3 is 2.83 bits per heavy atom. The molecule has 0 spiro atoms. The van der Waals surface area contributed by atoms with Gasteiger partial charge in [0, 0.05) is 35.8 Å². The molecule has 5 rings (SSSR count). The van der Waals surface area contributed by atoms with Crippen molar-refractivity contribution >= 4 is 16.7 Å². The van der Waals surface area contributed by atoms with Gasteiger partial charge in [0.25, 0.3) is 0 Å². The number of para-hydroxylation sites is 1. The summed E-state index contributed by atoms with van der Waals surface area (Å²) >= 11 is 0. The second-order valence-corrected chi connectivity index (χ2v) is 8.22. The number of nitrogens with zero attached hydrogens (tertiary/aromatic N) is 4. The highest BCUT2D eigenvalue weighted by Crippen LogP contribution is 2.31. The molecular formula is C24H24N4O. The second kappa shape index (κ2) is 7.46. The smallest absolute Gasteiger partial charge is 0.146 e. The van der Waals surface area contributed by atoms with Gasteiger partial charge in [-0.05, 0) is 55.9 Å². The van der Waals surface area contributed by atoms with Crippen molar-refractivity contribution < 1.29 is 5.11 Å². The molecule has 1 saturated heterocycles. The molecule has 2 aliphatic rings. The van der Waals surface area contributed by atoms with E-state index in [1.54, 1.807) is 0 Å². The minimum atomic E-state index is -0.451. The van der Waals surface area contributed by atoms with E-state index in [0.717, 1.165) is 53.8 Å². The van der Waals surface area contributed by atoms with Crippen molar-refractivity contribution in [3.05, 3.63) is 65.0 Å². The predicted octanol–water partition coefficient (Wildman–Crippen LogP) is 3.42. The molecule has 0 bridgehead atoms. The zero-order valence-corrected chi connectivity index (χ0v) is 16.4. The Morgan fingerprint density at radius 2 is 1.93 bits per heavy atom. The van der Waals surface area contributed by atoms with Crippen molar-refractivity contribution in [3.8, 4) is 6.07 Å². The van der Waals surface area contributed by atoms with E-state index >= 15 is 0 Å². The van der Waals surface area contributed by atoms with E-state index < -0.39 is 6.10 Å². The van der Waals surface area contributed by atoms with E-state index in [0.29, 0.717) is 18.7 Å². The standard InChI is InChI=1S/C24H24N4O/c25-13-18-11-17-6-2-4-8-22(17)27-24(18)28-14-19(23(29)15-28)12-20-10-9-16-5-1-3-7-21(16)26-20/h1,3,5,7,9-11,19,23,29H,2,4,6,8,12,14-15H2/t19-,23-/m1/s1. The molecule has 3 aromatic rings. The van der Waals surface area contributed by atoms with Crippen LogP contribution in [0.3, 0.4) is 0 Å². The molecule has 0 saturated carbocycles. The molecule has 29 heavy (non-hydrogen) atoms. The van der Waals surface area contributed by atoms with Crippen LogP contribution in [0.4, 0.5) is 5.82 Å². The summed E-state index contributed by atoms with van der Waals surface area (Å²) in [6.45, 7) is 1.20. The molecule has 1 aliphatic heterocycles. The van der Waals surface area contributed by atoms with Crippen molar-refractivity contribution in [1.82, 2.24) is 9.97 Å². The summed E-state index contributed by atoms with van der Waals surface area (Å²) in [5, 5.41) is 21.5. The number of rotatable bonds is 3. The van der Waals surface area contributed by atoms with Crippen LogP contribution in [0.15, 0.2) is 42.5 Å². The summed E-state index contributed by atoms with van der Waals surface area (Å²) in [7, 11) is 0. The molecule has 146 valence electrons. The van der Waals surface area contributed by atoms with E-state index in [-0.39, 0.29) is 5.92 Å². The van der Waals surface area contributed by atoms with E-state index in [9.17, 15) is 10.4 Å². The first-order valence-electron chi connectivity index (χ1n) is 10.4. The van der Waals surface area contributed by atoms with Crippen LogP contribution in [-0.4, -0.2) is 34.3 Å². The normalized spacial score (nSPS) is 21.2. The van der Waals surface area contributed by atoms with Crippen molar-refractivity contribution in [2.45, 2.75) is 38.2 Å². The van der Waals surface area contributed by atoms with E-state index in [1.807, 2.05) is 24.3 Å². The molecule has 5 nitrogen and oxygen atoms in total. The van der Waals surface area contributed by atoms with Gasteiger partial charge in [-0.25, -0.2) is 4.98 Å². The summed E-state index contributed by atoms with van der Waals surface area (Å²) < 4.78 is 0. The highest BCUT2D eigenvalue weighted by Gasteiger charge is 2.34. The van der Waals surface area contributed by atoms with Crippen LogP contribution in [-0.2, 0) is 19.3 Å². The summed E-state index contributed by atoms with van der Waals surface area (Å²) in [6, 6.07) is 16.6. The fraction of sp³-hybridized carbons (Fsp3) is 0.375. The SMILES string of the molecule is N#Cc1cc2c(nc1N1C[C@@H](Cc3ccc4ccccc4n3)[C@H](O)C1)CCCC2. The summed E-state index contributed by atoms with van der Waals surface area (Å²) in [6.07, 6.45) is 4.58. The van der Waals surface area contributed by atoms with Crippen LogP contribution in [0.1, 0.15) is 35.4 Å². The van der Waals surface area contributed by atoms with Gasteiger partial charge < -0.3 is 10.0 Å². The number of aliphatic hydroxyl groups is 1. The number of anilines is 1. The highest BCUT2D eigenvalue weighted by atomic mass is 16.3. The third-order valence-electron chi connectivity index (χ3n) is 6.23. The van der Waals surface area contributed by atoms with Gasteiger partial charge in [-0.15, -0.1) is 0 Å². The van der Waals surface area contributed by atoms with Gasteiger partial charge in [0.1, 0.15) is 11.9 Å². The maximum absolute atomic E-state index is 10.7. The average molecular weight is 384 g/mol. The summed E-state index contributed by atoms with van der Waals surface area (Å²) in [4.78, 5) is 11.7. The van der Waals surface area contributed by atoms with Crippen molar-refractivity contribution in [3.63, 3.8) is 0 Å². The highest BCUT2D eigenvalue weighted by molar-refractivity contribution is 5.78. The molecule has 1 aromatic carbocycles. The van der Waals surface area contributed by atoms with Crippen molar-refractivity contribution in [2.24, 2.45) is 5.92 Å². The predicted molar refractivity (Wildman–Crippen MR) is 113 cm³/mol. The molecule has 2 atom stereocenters. The minimum Gasteiger partial charge on any atom is -0.391 e. The fourth-order valence-electron chi connectivity index (χ4n) is 4.66. The number of aliphatic hydroxyl groups excluding tert-OH is 1. The number of pyridine rings is 2. The van der Waals surface area contributed by atoms with Gasteiger partial charge in [-0.2, -0.15) is 5.26 Å². The summed E-state index contributed by atoms with van der Waals surface area (Å²) in [5.74, 6) is 0.814. The van der Waals surface area contributed by atoms with Crippen molar-refractivity contribution in [1.29, 1.82) is 5.26 Å². The van der Waals surface area contributed by atoms with Crippen LogP contribution >= 0.6 is 0 Å². The van der Waals surface area contributed by atoms with E-state index in [4.69, 9.17) is 9.97 Å². The van der Waals surface area contributed by atoms with Crippen LogP contribution < -0.4 is 4.90 Å². The van der Waals surface area contributed by atoms with Crippen LogP contribution in [0.5, 0.6) is 0 Å². The molecule has 0 amide bonds. The number of β-amino-alcohol motifs (C(OH)–C–C–N with tert-alkyl or cyclic N) is 1. The number of fused-ring (bicyclic) bond motifs is 2. The Balaban J connectivity index is 1.38. The molecule has 0 unspecified atom stereocenters. The maximum atomic E-state index is 10.7. The quantitative estimate of drug-likeness (QED) is 0.749. The van der Waals surface area contributed by atoms with E-state index in [1.165, 1.54) is 12.0 Å². The zero-order chi connectivity index (χ0) is 19.8. The molecule has 1 fully saturated rings. The van der Waals surface area contributed by atoms with Crippen molar-refractivity contribution in [2.75, 3.05) is 18.0 Å². The molecule has 3 heterocycles. The number of hydrogen-bond acceptors (Lipinski definition) is 5. The third kappa shape index (κ3) is 3.45. The Morgan fingerprint density at radius 1 is 1.07 bits per heavy atom. The Bertz CT molecular complexity index is 1100. The number of aryl methyl sites for hydroxylation is 2. The third-order valence-corrected chi connectivity index (χ3v) is 6.23. The lowest BCUT2D eigenvalue weighted by Crippen LogP contribution is -2.24. The van der Waals surface area contributed by atoms with Gasteiger partial charge in [0.15, 0.2) is 0 Å². The van der Waals surface area contributed by atoms with E-state index in [2.05, 4.69) is 29.2 Å². The number of aromatic nitrogens is 2. The molecule has 1 N–H and O–H groups in total. The largest absolute Gasteiger partial charge is 0.391 e. The van der Waals surface area contributed by atoms with Gasteiger partial charge in [-0.1, -0.05) is 24.3 Å². The number of nitriles is 1. The molecule has 0 radical (unpaired) electrons. The second-order valence-electron chi connectivity index (χ2n) is 8.22. The molecule has 2 aromatic heterocycles. The Labute approximate surface area is 170 Å². The monoisotopic (exact) mass is 384 g/mol. The first-order chi connectivity index (χ1) is 14.2. The first kappa shape index (κ1) is 18.1. The first-order valence-corrected chi connectivity index (χ1v) is 10.4. The average Bonchev–Trinajstić information content (AvgIpc) is 3.12. The van der Waals surface area contributed by atoms with Gasteiger partial charge >= 0.3 is 0 Å². The topological polar surface area (TPSA) is 73.0 Å². The van der Waals surface area contributed by atoms with Crippen LogP contribution in [0.25, 0.3) is 10.9 Å². The Kier molecular flexibility index (Phi) is 4.65. The maximum Gasteiger partial charge on any atom is 0.146 e. The molecular weight excluding hydrogens is 360 g/mol. The van der Waals surface area contributed by atoms with Gasteiger partial charge in [0.2, 0.25) is 0 Å². The van der Waals surface area contributed by atoms with Gasteiger partial charge in [0.05, 0.1) is 17.2 Å². The lowest BCUT2D eigenvalue weighted by Gasteiger charge is -2.22.